The second-order valence-corrected chi connectivity index (χ2v) is 7.43. The van der Waals surface area contributed by atoms with E-state index in [4.69, 9.17) is 16.3 Å². The van der Waals surface area contributed by atoms with Crippen LogP contribution < -0.4 is 5.32 Å². The Morgan fingerprint density at radius 2 is 2.17 bits per heavy atom. The number of nitrogens with one attached hydrogen (secondary N) is 2. The number of likely N-dealkylation sites (tertiary alicyclic amines) is 1. The largest absolute Gasteiger partial charge is 0.410 e. The van der Waals surface area contributed by atoms with Crippen molar-refractivity contribution in [3.63, 3.8) is 0 Å². The zero-order valence-electron chi connectivity index (χ0n) is 15.7. The van der Waals surface area contributed by atoms with Crippen LogP contribution in [-0.4, -0.2) is 44.5 Å². The summed E-state index contributed by atoms with van der Waals surface area (Å²) in [5.41, 5.74) is 1.90. The predicted molar refractivity (Wildman–Crippen MR) is 106 cm³/mol. The molecule has 0 radical (unpaired) electrons. The fourth-order valence-electron chi connectivity index (χ4n) is 3.39. The van der Waals surface area contributed by atoms with E-state index in [2.05, 4.69) is 15.5 Å². The third-order valence-electron chi connectivity index (χ3n) is 4.85. The number of aromatic nitrogens is 2. The second-order valence-electron chi connectivity index (χ2n) is 7.00. The number of alkyl carbamates (subject to hydrolysis) is 1. The molecular weight excluding hydrogens is 415 g/mol. The number of halogens is 2. The van der Waals surface area contributed by atoms with E-state index >= 15 is 0 Å². The molecule has 2 aromatic carbocycles. The first-order valence-electron chi connectivity index (χ1n) is 9.19. The van der Waals surface area contributed by atoms with Gasteiger partial charge < -0.3 is 20.1 Å². The van der Waals surface area contributed by atoms with E-state index in [1.165, 1.54) is 17.0 Å². The van der Waals surface area contributed by atoms with Crippen molar-refractivity contribution in [1.82, 2.24) is 20.4 Å². The lowest BCUT2D eigenvalue weighted by molar-refractivity contribution is -0.182. The van der Waals surface area contributed by atoms with Crippen LogP contribution in [0.25, 0.3) is 10.9 Å². The molecule has 3 N–H and O–H groups in total. The lowest BCUT2D eigenvalue weighted by Gasteiger charge is -2.22. The molecule has 1 saturated heterocycles. The number of H-pyrrole nitrogens is 1. The molecule has 1 fully saturated rings. The van der Waals surface area contributed by atoms with Gasteiger partial charge in [0.15, 0.2) is 0 Å². The van der Waals surface area contributed by atoms with Crippen LogP contribution >= 0.6 is 11.6 Å². The topological polar surface area (TPSA) is 108 Å². The van der Waals surface area contributed by atoms with Gasteiger partial charge in [-0.3, -0.25) is 9.89 Å². The molecule has 1 atom stereocenters. The molecule has 1 aliphatic heterocycles. The first kappa shape index (κ1) is 20.1. The third-order valence-corrected chi connectivity index (χ3v) is 5.07. The van der Waals surface area contributed by atoms with Crippen molar-refractivity contribution in [2.75, 3.05) is 6.54 Å². The Hall–Kier alpha value is -3.17. The van der Waals surface area contributed by atoms with E-state index in [0.717, 1.165) is 17.0 Å². The summed E-state index contributed by atoms with van der Waals surface area (Å²) in [7, 11) is 0. The quantitative estimate of drug-likeness (QED) is 0.537. The first-order chi connectivity index (χ1) is 14.3. The van der Waals surface area contributed by atoms with Gasteiger partial charge in [0.1, 0.15) is 5.82 Å². The Labute approximate surface area is 175 Å². The van der Waals surface area contributed by atoms with Crippen LogP contribution in [0.15, 0.2) is 42.5 Å². The minimum Gasteiger partial charge on any atom is -0.407 e. The highest BCUT2D eigenvalue weighted by atomic mass is 35.5. The zero-order valence-corrected chi connectivity index (χ0v) is 16.4. The molecule has 0 aliphatic carbocycles. The highest BCUT2D eigenvalue weighted by Crippen LogP contribution is 2.27. The van der Waals surface area contributed by atoms with E-state index in [-0.39, 0.29) is 31.1 Å². The molecule has 2 heterocycles. The van der Waals surface area contributed by atoms with E-state index in [1.54, 1.807) is 0 Å². The molecule has 0 saturated carbocycles. The van der Waals surface area contributed by atoms with Crippen molar-refractivity contribution in [2.24, 2.45) is 0 Å². The maximum absolute atomic E-state index is 13.4. The molecule has 30 heavy (non-hydrogen) atoms. The standard InChI is InChI=1S/C20H18ClFN4O4/c21-13-7-12(8-14(22)9-13)10-23-19(28)30-20(29)5-6-26(18(20)27)11-17-15-3-1-2-4-16(15)24-25-17/h1-4,7-9,29H,5-6,10-11H2,(H,23,28)(H,24,25)/t20-/m0/s1. The van der Waals surface area contributed by atoms with Crippen LogP contribution in [0.2, 0.25) is 5.02 Å². The smallest absolute Gasteiger partial charge is 0.407 e. The molecule has 1 aromatic heterocycles. The molecule has 1 aliphatic rings. The van der Waals surface area contributed by atoms with E-state index in [0.29, 0.717) is 11.3 Å². The van der Waals surface area contributed by atoms with Crippen LogP contribution in [0.5, 0.6) is 0 Å². The number of para-hydroxylation sites is 1. The maximum atomic E-state index is 13.4. The fraction of sp³-hybridized carbons (Fsp3) is 0.250. The van der Waals surface area contributed by atoms with Crippen molar-refractivity contribution in [3.8, 4) is 0 Å². The highest BCUT2D eigenvalue weighted by molar-refractivity contribution is 6.30. The molecule has 10 heteroatoms. The molecule has 8 nitrogen and oxygen atoms in total. The van der Waals surface area contributed by atoms with Crippen LogP contribution in [-0.2, 0) is 22.6 Å². The van der Waals surface area contributed by atoms with E-state index in [1.807, 2.05) is 24.3 Å². The summed E-state index contributed by atoms with van der Waals surface area (Å²) in [5, 5.41) is 21.1. The average Bonchev–Trinajstić information content (AvgIpc) is 3.22. The van der Waals surface area contributed by atoms with Crippen molar-refractivity contribution in [1.29, 1.82) is 0 Å². The van der Waals surface area contributed by atoms with Gasteiger partial charge >= 0.3 is 6.09 Å². The number of ether oxygens (including phenoxy) is 1. The Balaban J connectivity index is 1.37. The van der Waals surface area contributed by atoms with Gasteiger partial charge in [-0.05, 0) is 29.8 Å². The SMILES string of the molecule is O=C(NCc1cc(F)cc(Cl)c1)O[C@@]1(O)CCN(Cc2n[nH]c3ccccc23)C1=O. The number of fused-ring (bicyclic) bond motifs is 1. The van der Waals surface area contributed by atoms with Gasteiger partial charge in [0.25, 0.3) is 11.7 Å². The number of rotatable bonds is 5. The van der Waals surface area contributed by atoms with Crippen LogP contribution in [0, 0.1) is 5.82 Å². The molecule has 2 amide bonds. The van der Waals surface area contributed by atoms with Gasteiger partial charge in [0.05, 0.1) is 17.8 Å². The summed E-state index contributed by atoms with van der Waals surface area (Å²) in [6.07, 6.45) is -1.08. The van der Waals surface area contributed by atoms with E-state index < -0.39 is 23.6 Å². The maximum Gasteiger partial charge on any atom is 0.410 e. The molecule has 4 rings (SSSR count). The number of hydrogen-bond acceptors (Lipinski definition) is 5. The summed E-state index contributed by atoms with van der Waals surface area (Å²) in [6, 6.07) is 11.3. The molecule has 156 valence electrons. The lowest BCUT2D eigenvalue weighted by atomic mass is 10.2. The predicted octanol–water partition coefficient (Wildman–Crippen LogP) is 2.70. The van der Waals surface area contributed by atoms with Gasteiger partial charge in [-0.2, -0.15) is 5.10 Å². The number of amides is 2. The van der Waals surface area contributed by atoms with Crippen LogP contribution in [0.1, 0.15) is 17.7 Å². The Bertz CT molecular complexity index is 1100. The van der Waals surface area contributed by atoms with E-state index in [9.17, 15) is 19.1 Å². The van der Waals surface area contributed by atoms with Gasteiger partial charge in [-0.15, -0.1) is 0 Å². The van der Waals surface area contributed by atoms with Crippen molar-refractivity contribution in [3.05, 3.63) is 64.6 Å². The highest BCUT2D eigenvalue weighted by Gasteiger charge is 2.49. The summed E-state index contributed by atoms with van der Waals surface area (Å²) >= 11 is 5.77. The summed E-state index contributed by atoms with van der Waals surface area (Å²) < 4.78 is 18.4. The summed E-state index contributed by atoms with van der Waals surface area (Å²) in [4.78, 5) is 26.1. The fourth-order valence-corrected chi connectivity index (χ4v) is 3.63. The molecule has 3 aromatic rings. The Morgan fingerprint density at radius 3 is 2.97 bits per heavy atom. The van der Waals surface area contributed by atoms with Crippen LogP contribution in [0.3, 0.4) is 0 Å². The Morgan fingerprint density at radius 1 is 1.37 bits per heavy atom. The number of hydrogen-bond donors (Lipinski definition) is 3. The summed E-state index contributed by atoms with van der Waals surface area (Å²) in [5.74, 6) is -3.53. The Kier molecular flexibility index (Phi) is 5.31. The lowest BCUT2D eigenvalue weighted by Crippen LogP contribution is -2.45. The molecular formula is C20H18ClFN4O4. The average molecular weight is 433 g/mol. The van der Waals surface area contributed by atoms with Gasteiger partial charge in [-0.25, -0.2) is 9.18 Å². The second kappa shape index (κ2) is 7.92. The van der Waals surface area contributed by atoms with Crippen molar-refractivity contribution in [2.45, 2.75) is 25.3 Å². The molecule has 0 unspecified atom stereocenters. The number of nitrogens with zero attached hydrogens (tertiary/aromatic N) is 2. The number of benzene rings is 2. The minimum atomic E-state index is -2.27. The first-order valence-corrected chi connectivity index (χ1v) is 9.57. The van der Waals surface area contributed by atoms with Gasteiger partial charge in [0, 0.05) is 29.9 Å². The van der Waals surface area contributed by atoms with Crippen molar-refractivity contribution >= 4 is 34.5 Å². The van der Waals surface area contributed by atoms with Crippen LogP contribution in [0.4, 0.5) is 9.18 Å². The molecule has 0 spiro atoms. The number of carbonyl (C=O) groups excluding carboxylic acids is 2. The third kappa shape index (κ3) is 4.07. The van der Waals surface area contributed by atoms with Crippen molar-refractivity contribution < 1.29 is 23.8 Å². The number of carbonyl (C=O) groups is 2. The minimum absolute atomic E-state index is 0.0760. The molecule has 0 bridgehead atoms. The normalized spacial score (nSPS) is 18.8. The van der Waals surface area contributed by atoms with Gasteiger partial charge in [-0.1, -0.05) is 29.8 Å². The number of aromatic amines is 1. The number of aliphatic hydroxyl groups is 1. The van der Waals surface area contributed by atoms with Gasteiger partial charge in [0.2, 0.25) is 0 Å². The monoisotopic (exact) mass is 432 g/mol. The zero-order chi connectivity index (χ0) is 21.3. The summed E-state index contributed by atoms with van der Waals surface area (Å²) in [6.45, 7) is 0.283.